The molecule has 0 aliphatic carbocycles. The molecule has 10 heteroatoms. The highest BCUT2D eigenvalue weighted by molar-refractivity contribution is 7.89. The van der Waals surface area contributed by atoms with Crippen LogP contribution < -0.4 is 4.83 Å². The van der Waals surface area contributed by atoms with Crippen LogP contribution in [-0.2, 0) is 16.4 Å². The van der Waals surface area contributed by atoms with Crippen LogP contribution in [0.2, 0.25) is 5.02 Å². The Morgan fingerprint density at radius 3 is 2.48 bits per heavy atom. The molecule has 3 rings (SSSR count). The Labute approximate surface area is 184 Å². The normalized spacial score (nSPS) is 11.5. The Morgan fingerprint density at radius 2 is 1.84 bits per heavy atom. The average molecular weight is 460 g/mol. The maximum atomic E-state index is 12.3. The predicted molar refractivity (Wildman–Crippen MR) is 118 cm³/mol. The number of phenols is 1. The Kier molecular flexibility index (Phi) is 6.57. The molecule has 0 saturated carbocycles. The largest absolute Gasteiger partial charge is 0.502 e. The molecule has 160 valence electrons. The minimum atomic E-state index is -3.93. The summed E-state index contributed by atoms with van der Waals surface area (Å²) in [6, 6.07) is 15.9. The molecule has 8 nitrogen and oxygen atoms in total. The minimum Gasteiger partial charge on any atom is -0.502 e. The van der Waals surface area contributed by atoms with Gasteiger partial charge in [-0.25, -0.2) is 4.83 Å². The molecular weight excluding hydrogens is 442 g/mol. The maximum absolute atomic E-state index is 12.3. The van der Waals surface area contributed by atoms with Crippen molar-refractivity contribution in [3.8, 4) is 5.75 Å². The summed E-state index contributed by atoms with van der Waals surface area (Å²) < 4.78 is 24.7. The quantitative estimate of drug-likeness (QED) is 0.312. The fourth-order valence-electron chi connectivity index (χ4n) is 2.84. The lowest BCUT2D eigenvalue weighted by Gasteiger charge is -2.08. The number of nitro groups is 1. The summed E-state index contributed by atoms with van der Waals surface area (Å²) >= 11 is 6.16. The molecule has 0 aliphatic rings. The zero-order valence-electron chi connectivity index (χ0n) is 16.3. The van der Waals surface area contributed by atoms with Gasteiger partial charge in [-0.05, 0) is 48.7 Å². The smallest absolute Gasteiger partial charge is 0.311 e. The second-order valence-electron chi connectivity index (χ2n) is 6.74. The van der Waals surface area contributed by atoms with E-state index in [1.54, 1.807) is 36.4 Å². The van der Waals surface area contributed by atoms with Gasteiger partial charge in [0.25, 0.3) is 10.0 Å². The molecule has 3 aromatic carbocycles. The lowest BCUT2D eigenvalue weighted by atomic mass is 10.0. The lowest BCUT2D eigenvalue weighted by molar-refractivity contribution is -0.385. The highest BCUT2D eigenvalue weighted by atomic mass is 35.5. The number of aromatic hydroxyl groups is 1. The highest BCUT2D eigenvalue weighted by Gasteiger charge is 2.19. The van der Waals surface area contributed by atoms with Gasteiger partial charge in [0.05, 0.1) is 16.0 Å². The first kappa shape index (κ1) is 22.3. The minimum absolute atomic E-state index is 0.0112. The van der Waals surface area contributed by atoms with Crippen LogP contribution in [0.15, 0.2) is 70.7 Å². The summed E-state index contributed by atoms with van der Waals surface area (Å²) in [5.41, 5.74) is 1.61. The average Bonchev–Trinajstić information content (AvgIpc) is 2.71. The van der Waals surface area contributed by atoms with Crippen LogP contribution in [0.4, 0.5) is 5.69 Å². The van der Waals surface area contributed by atoms with Crippen molar-refractivity contribution >= 4 is 33.5 Å². The van der Waals surface area contributed by atoms with E-state index < -0.39 is 26.4 Å². The van der Waals surface area contributed by atoms with Gasteiger partial charge in [-0.1, -0.05) is 47.5 Å². The number of sulfonamides is 1. The Balaban J connectivity index is 1.90. The summed E-state index contributed by atoms with van der Waals surface area (Å²) in [4.78, 5) is 12.7. The van der Waals surface area contributed by atoms with Gasteiger partial charge in [0.2, 0.25) is 5.75 Å². The molecule has 0 amide bonds. The third-order valence-electron chi connectivity index (χ3n) is 4.44. The molecule has 0 radical (unpaired) electrons. The third-order valence-corrected chi connectivity index (χ3v) is 6.04. The summed E-state index contributed by atoms with van der Waals surface area (Å²) in [7, 11) is -3.93. The maximum Gasteiger partial charge on any atom is 0.311 e. The molecule has 0 unspecified atom stereocenters. The zero-order chi connectivity index (χ0) is 22.6. The van der Waals surface area contributed by atoms with Crippen molar-refractivity contribution in [1.29, 1.82) is 0 Å². The number of hydrazone groups is 1. The number of hydrogen-bond acceptors (Lipinski definition) is 6. The van der Waals surface area contributed by atoms with Crippen molar-refractivity contribution in [1.82, 2.24) is 4.83 Å². The van der Waals surface area contributed by atoms with Crippen molar-refractivity contribution in [3.63, 3.8) is 0 Å². The van der Waals surface area contributed by atoms with Gasteiger partial charge in [-0.2, -0.15) is 13.5 Å². The van der Waals surface area contributed by atoms with E-state index in [1.807, 2.05) is 11.8 Å². The summed E-state index contributed by atoms with van der Waals surface area (Å²) in [6.45, 7) is 1.83. The standard InChI is InChI=1S/C21H18ClN3O5S/c1-14-6-8-18(9-7-14)31(29,30)24-23-13-17-11-15(12-20(21(17)26)25(27)28)10-16-4-2-3-5-19(16)22/h2-9,11-13,24,26H,10H2,1H3/b23-13-. The highest BCUT2D eigenvalue weighted by Crippen LogP contribution is 2.32. The Hall–Kier alpha value is -3.43. The number of benzene rings is 3. The molecule has 0 aliphatic heterocycles. The van der Waals surface area contributed by atoms with E-state index in [-0.39, 0.29) is 16.9 Å². The first-order chi connectivity index (χ1) is 14.7. The molecule has 0 atom stereocenters. The van der Waals surface area contributed by atoms with Crippen molar-refractivity contribution in [2.45, 2.75) is 18.2 Å². The molecule has 0 fully saturated rings. The monoisotopic (exact) mass is 459 g/mol. The van der Waals surface area contributed by atoms with Crippen LogP contribution in [0.1, 0.15) is 22.3 Å². The van der Waals surface area contributed by atoms with Gasteiger partial charge in [0.15, 0.2) is 0 Å². The van der Waals surface area contributed by atoms with Crippen LogP contribution in [-0.4, -0.2) is 24.7 Å². The number of aryl methyl sites for hydroxylation is 1. The molecule has 2 N–H and O–H groups in total. The fraction of sp³-hybridized carbons (Fsp3) is 0.0952. The third kappa shape index (κ3) is 5.39. The summed E-state index contributed by atoms with van der Waals surface area (Å²) in [5.74, 6) is -0.619. The second kappa shape index (κ2) is 9.15. The number of halogens is 1. The SMILES string of the molecule is Cc1ccc(S(=O)(=O)N/N=C\c2cc(Cc3ccccc3Cl)cc([N+](=O)[O-])c2O)cc1. The van der Waals surface area contributed by atoms with Crippen molar-refractivity contribution in [3.05, 3.63) is 98.1 Å². The predicted octanol–water partition coefficient (Wildman–Crippen LogP) is 4.17. The first-order valence-electron chi connectivity index (χ1n) is 9.02. The van der Waals surface area contributed by atoms with E-state index in [4.69, 9.17) is 11.6 Å². The topological polar surface area (TPSA) is 122 Å². The van der Waals surface area contributed by atoms with Crippen LogP contribution in [0, 0.1) is 17.0 Å². The number of hydrogen-bond donors (Lipinski definition) is 2. The van der Waals surface area contributed by atoms with E-state index >= 15 is 0 Å². The van der Waals surface area contributed by atoms with E-state index in [9.17, 15) is 23.6 Å². The molecule has 3 aromatic rings. The molecule has 31 heavy (non-hydrogen) atoms. The van der Waals surface area contributed by atoms with Crippen molar-refractivity contribution in [2.75, 3.05) is 0 Å². The molecule has 0 saturated heterocycles. The first-order valence-corrected chi connectivity index (χ1v) is 10.9. The Morgan fingerprint density at radius 1 is 1.16 bits per heavy atom. The van der Waals surface area contributed by atoms with Gasteiger partial charge in [-0.15, -0.1) is 0 Å². The van der Waals surface area contributed by atoms with Gasteiger partial charge < -0.3 is 5.11 Å². The zero-order valence-corrected chi connectivity index (χ0v) is 17.9. The van der Waals surface area contributed by atoms with Crippen LogP contribution in [0.25, 0.3) is 0 Å². The molecule has 0 heterocycles. The lowest BCUT2D eigenvalue weighted by Crippen LogP contribution is -2.18. The number of nitrogens with zero attached hydrogens (tertiary/aromatic N) is 2. The van der Waals surface area contributed by atoms with Crippen LogP contribution in [0.3, 0.4) is 0 Å². The van der Waals surface area contributed by atoms with E-state index in [2.05, 4.69) is 5.10 Å². The van der Waals surface area contributed by atoms with E-state index in [0.29, 0.717) is 10.6 Å². The summed E-state index contributed by atoms with van der Waals surface area (Å²) in [6.07, 6.45) is 1.29. The van der Waals surface area contributed by atoms with Gasteiger partial charge in [0, 0.05) is 16.7 Å². The van der Waals surface area contributed by atoms with Crippen molar-refractivity contribution in [2.24, 2.45) is 5.10 Å². The number of nitrogens with one attached hydrogen (secondary N) is 1. The molecule has 0 aromatic heterocycles. The van der Waals surface area contributed by atoms with Gasteiger partial charge in [-0.3, -0.25) is 10.1 Å². The molecule has 0 spiro atoms. The van der Waals surface area contributed by atoms with Gasteiger partial charge in [0.1, 0.15) is 0 Å². The van der Waals surface area contributed by atoms with Crippen LogP contribution >= 0.6 is 11.6 Å². The van der Waals surface area contributed by atoms with Gasteiger partial charge >= 0.3 is 5.69 Å². The fourth-order valence-corrected chi connectivity index (χ4v) is 3.83. The molecule has 0 bridgehead atoms. The Bertz CT molecular complexity index is 1260. The molecular formula is C21H18ClN3O5S. The second-order valence-corrected chi connectivity index (χ2v) is 8.81. The number of nitro benzene ring substituents is 1. The summed E-state index contributed by atoms with van der Waals surface area (Å²) in [5, 5.41) is 25.8. The van der Waals surface area contributed by atoms with E-state index in [1.165, 1.54) is 24.3 Å². The van der Waals surface area contributed by atoms with E-state index in [0.717, 1.165) is 17.3 Å². The van der Waals surface area contributed by atoms with Crippen molar-refractivity contribution < 1.29 is 18.4 Å². The number of phenolic OH excluding ortho intramolecular Hbond substituents is 1. The number of rotatable bonds is 7. The van der Waals surface area contributed by atoms with Crippen LogP contribution in [0.5, 0.6) is 5.75 Å².